The Hall–Kier alpha value is -1.46. The van der Waals surface area contributed by atoms with Gasteiger partial charge in [-0.1, -0.05) is 12.8 Å². The normalized spacial score (nSPS) is 18.1. The summed E-state index contributed by atoms with van der Waals surface area (Å²) in [6.07, 6.45) is 2.60. The van der Waals surface area contributed by atoms with Gasteiger partial charge < -0.3 is 10.5 Å². The van der Waals surface area contributed by atoms with Gasteiger partial charge in [-0.05, 0) is 25.7 Å². The molecule has 1 aliphatic carbocycles. The Labute approximate surface area is 110 Å². The topological polar surface area (TPSA) is 48.1 Å². The number of hydrogen-bond acceptors (Lipinski definition) is 3. The standard InChI is InChI=1S/C13H17F3N2O/c14-13(15,16)12-7-11(10(17)8-18-12)19-9-5-3-1-2-4-6-9/h7-9H,1-6,17H2. The van der Waals surface area contributed by atoms with Gasteiger partial charge in [0.1, 0.15) is 11.4 Å². The van der Waals surface area contributed by atoms with Crippen molar-refractivity contribution in [2.75, 3.05) is 5.73 Å². The number of anilines is 1. The number of alkyl halides is 3. The first-order valence-corrected chi connectivity index (χ1v) is 6.46. The minimum atomic E-state index is -4.48. The maximum absolute atomic E-state index is 12.6. The van der Waals surface area contributed by atoms with Crippen molar-refractivity contribution in [1.82, 2.24) is 4.98 Å². The third-order valence-corrected chi connectivity index (χ3v) is 3.28. The van der Waals surface area contributed by atoms with E-state index < -0.39 is 11.9 Å². The van der Waals surface area contributed by atoms with Gasteiger partial charge in [0.15, 0.2) is 0 Å². The van der Waals surface area contributed by atoms with Crippen molar-refractivity contribution in [3.05, 3.63) is 18.0 Å². The summed E-state index contributed by atoms with van der Waals surface area (Å²) in [4.78, 5) is 3.29. The van der Waals surface area contributed by atoms with Gasteiger partial charge >= 0.3 is 6.18 Å². The Morgan fingerprint density at radius 2 is 1.79 bits per heavy atom. The number of rotatable bonds is 2. The van der Waals surface area contributed by atoms with Crippen LogP contribution >= 0.6 is 0 Å². The smallest absolute Gasteiger partial charge is 0.433 e. The van der Waals surface area contributed by atoms with Crippen molar-refractivity contribution < 1.29 is 17.9 Å². The van der Waals surface area contributed by atoms with Crippen molar-refractivity contribution in [2.45, 2.75) is 50.8 Å². The summed E-state index contributed by atoms with van der Waals surface area (Å²) in [5.41, 5.74) is 4.82. The molecule has 0 amide bonds. The zero-order valence-corrected chi connectivity index (χ0v) is 10.5. The van der Waals surface area contributed by atoms with Crippen LogP contribution in [0.5, 0.6) is 5.75 Å². The minimum Gasteiger partial charge on any atom is -0.488 e. The predicted molar refractivity (Wildman–Crippen MR) is 65.8 cm³/mol. The van der Waals surface area contributed by atoms with Gasteiger partial charge in [-0.25, -0.2) is 4.98 Å². The number of aromatic nitrogens is 1. The molecule has 0 unspecified atom stereocenters. The number of pyridine rings is 1. The van der Waals surface area contributed by atoms with E-state index in [4.69, 9.17) is 10.5 Å². The molecular formula is C13H17F3N2O. The molecule has 106 valence electrons. The zero-order valence-electron chi connectivity index (χ0n) is 10.5. The summed E-state index contributed by atoms with van der Waals surface area (Å²) in [5.74, 6) is 0.0919. The summed E-state index contributed by atoms with van der Waals surface area (Å²) >= 11 is 0. The molecule has 2 rings (SSSR count). The van der Waals surface area contributed by atoms with Crippen LogP contribution in [0.25, 0.3) is 0 Å². The number of nitrogen functional groups attached to an aromatic ring is 1. The van der Waals surface area contributed by atoms with Crippen LogP contribution in [0, 0.1) is 0 Å². The highest BCUT2D eigenvalue weighted by Gasteiger charge is 2.33. The second kappa shape index (κ2) is 5.67. The molecular weight excluding hydrogens is 257 g/mol. The Kier molecular flexibility index (Phi) is 4.17. The van der Waals surface area contributed by atoms with Crippen LogP contribution in [0.4, 0.5) is 18.9 Å². The molecule has 1 saturated carbocycles. The van der Waals surface area contributed by atoms with Gasteiger partial charge in [-0.3, -0.25) is 0 Å². The van der Waals surface area contributed by atoms with Crippen LogP contribution in [0.2, 0.25) is 0 Å². The molecule has 0 spiro atoms. The van der Waals surface area contributed by atoms with Crippen LogP contribution in [0.1, 0.15) is 44.2 Å². The second-order valence-corrected chi connectivity index (χ2v) is 4.84. The summed E-state index contributed by atoms with van der Waals surface area (Å²) in [7, 11) is 0. The number of hydrogen-bond donors (Lipinski definition) is 1. The highest BCUT2D eigenvalue weighted by atomic mass is 19.4. The van der Waals surface area contributed by atoms with Gasteiger partial charge in [-0.2, -0.15) is 13.2 Å². The third-order valence-electron chi connectivity index (χ3n) is 3.28. The Bertz CT molecular complexity index is 426. The monoisotopic (exact) mass is 274 g/mol. The quantitative estimate of drug-likeness (QED) is 0.835. The Morgan fingerprint density at radius 3 is 2.37 bits per heavy atom. The summed E-state index contributed by atoms with van der Waals surface area (Å²) in [5, 5.41) is 0. The highest BCUT2D eigenvalue weighted by Crippen LogP contribution is 2.33. The van der Waals surface area contributed by atoms with E-state index in [0.29, 0.717) is 0 Å². The first kappa shape index (κ1) is 14.0. The molecule has 3 nitrogen and oxygen atoms in total. The van der Waals surface area contributed by atoms with Crippen molar-refractivity contribution in [2.24, 2.45) is 0 Å². The average Bonchev–Trinajstić information content (AvgIpc) is 2.59. The lowest BCUT2D eigenvalue weighted by atomic mass is 10.1. The van der Waals surface area contributed by atoms with Crippen LogP contribution in [0.3, 0.4) is 0 Å². The van der Waals surface area contributed by atoms with E-state index >= 15 is 0 Å². The van der Waals surface area contributed by atoms with Crippen LogP contribution in [-0.4, -0.2) is 11.1 Å². The number of nitrogens with two attached hydrogens (primary N) is 1. The summed E-state index contributed by atoms with van der Waals surface area (Å²) in [6.45, 7) is 0. The Morgan fingerprint density at radius 1 is 1.16 bits per heavy atom. The van der Waals surface area contributed by atoms with Crippen molar-refractivity contribution in [1.29, 1.82) is 0 Å². The van der Waals surface area contributed by atoms with Gasteiger partial charge in [0.2, 0.25) is 0 Å². The molecule has 1 aromatic heterocycles. The summed E-state index contributed by atoms with van der Waals surface area (Å²) in [6, 6.07) is 0.889. The van der Waals surface area contributed by atoms with Crippen LogP contribution in [0.15, 0.2) is 12.3 Å². The minimum absolute atomic E-state index is 0.0479. The van der Waals surface area contributed by atoms with Gasteiger partial charge in [0.25, 0.3) is 0 Å². The number of nitrogens with zero attached hydrogens (tertiary/aromatic N) is 1. The Balaban J connectivity index is 2.14. The maximum Gasteiger partial charge on any atom is 0.433 e. The van der Waals surface area contributed by atoms with E-state index in [1.165, 1.54) is 0 Å². The van der Waals surface area contributed by atoms with E-state index in [-0.39, 0.29) is 17.5 Å². The highest BCUT2D eigenvalue weighted by molar-refractivity contribution is 5.51. The number of ether oxygens (including phenoxy) is 1. The molecule has 1 aromatic rings. The molecule has 0 aliphatic heterocycles. The SMILES string of the molecule is Nc1cnc(C(F)(F)F)cc1OC1CCCCCC1. The lowest BCUT2D eigenvalue weighted by molar-refractivity contribution is -0.141. The largest absolute Gasteiger partial charge is 0.488 e. The molecule has 2 N–H and O–H groups in total. The molecule has 1 heterocycles. The van der Waals surface area contributed by atoms with Crippen LogP contribution < -0.4 is 10.5 Å². The second-order valence-electron chi connectivity index (χ2n) is 4.84. The van der Waals surface area contributed by atoms with Crippen LogP contribution in [-0.2, 0) is 6.18 Å². The molecule has 0 bridgehead atoms. The third kappa shape index (κ3) is 3.75. The van der Waals surface area contributed by atoms with Crippen molar-refractivity contribution in [3.8, 4) is 5.75 Å². The first-order valence-electron chi connectivity index (χ1n) is 6.46. The molecule has 0 saturated heterocycles. The number of halogens is 3. The average molecular weight is 274 g/mol. The molecule has 1 fully saturated rings. The maximum atomic E-state index is 12.6. The lowest BCUT2D eigenvalue weighted by Crippen LogP contribution is -2.17. The lowest BCUT2D eigenvalue weighted by Gasteiger charge is -2.19. The fourth-order valence-electron chi connectivity index (χ4n) is 2.24. The van der Waals surface area contributed by atoms with Crippen molar-refractivity contribution in [3.63, 3.8) is 0 Å². The van der Waals surface area contributed by atoms with Gasteiger partial charge in [0, 0.05) is 6.07 Å². The van der Waals surface area contributed by atoms with Gasteiger partial charge in [0.05, 0.1) is 18.0 Å². The first-order chi connectivity index (χ1) is 8.97. The van der Waals surface area contributed by atoms with E-state index in [1.807, 2.05) is 0 Å². The molecule has 6 heteroatoms. The molecule has 19 heavy (non-hydrogen) atoms. The summed E-state index contributed by atoms with van der Waals surface area (Å²) < 4.78 is 43.4. The fraction of sp³-hybridized carbons (Fsp3) is 0.615. The zero-order chi connectivity index (χ0) is 13.9. The van der Waals surface area contributed by atoms with E-state index in [1.54, 1.807) is 0 Å². The predicted octanol–water partition coefficient (Wildman–Crippen LogP) is 3.78. The van der Waals surface area contributed by atoms with Crippen molar-refractivity contribution >= 4 is 5.69 Å². The van der Waals surface area contributed by atoms with E-state index in [9.17, 15) is 13.2 Å². The molecule has 0 radical (unpaired) electrons. The van der Waals surface area contributed by atoms with E-state index in [2.05, 4.69) is 4.98 Å². The van der Waals surface area contributed by atoms with Gasteiger partial charge in [-0.15, -0.1) is 0 Å². The molecule has 1 aliphatic rings. The molecule has 0 aromatic carbocycles. The van der Waals surface area contributed by atoms with E-state index in [0.717, 1.165) is 50.8 Å². The molecule has 0 atom stereocenters. The fourth-order valence-corrected chi connectivity index (χ4v) is 2.24.